The molecule has 2 aliphatic rings. The van der Waals surface area contributed by atoms with Gasteiger partial charge in [0, 0.05) is 45.2 Å². The van der Waals surface area contributed by atoms with Gasteiger partial charge in [-0.1, -0.05) is 6.07 Å². The Morgan fingerprint density at radius 2 is 2.04 bits per heavy atom. The zero-order valence-corrected chi connectivity index (χ0v) is 15.6. The van der Waals surface area contributed by atoms with Crippen molar-refractivity contribution in [2.45, 2.75) is 13.0 Å². The van der Waals surface area contributed by atoms with E-state index >= 15 is 0 Å². The van der Waals surface area contributed by atoms with Crippen LogP contribution < -0.4 is 14.8 Å². The summed E-state index contributed by atoms with van der Waals surface area (Å²) in [6.45, 7) is 4.42. The van der Waals surface area contributed by atoms with Crippen LogP contribution in [0.15, 0.2) is 23.6 Å². The van der Waals surface area contributed by atoms with Crippen LogP contribution >= 0.6 is 11.3 Å². The van der Waals surface area contributed by atoms with E-state index in [0.29, 0.717) is 13.2 Å². The number of fused-ring (bicyclic) bond motifs is 1. The van der Waals surface area contributed by atoms with Crippen molar-refractivity contribution in [1.82, 2.24) is 14.8 Å². The number of amides is 1. The van der Waals surface area contributed by atoms with Crippen molar-refractivity contribution in [2.75, 3.05) is 45.3 Å². The van der Waals surface area contributed by atoms with Crippen molar-refractivity contribution in [3.8, 4) is 11.5 Å². The van der Waals surface area contributed by atoms with E-state index in [4.69, 9.17) is 9.47 Å². The van der Waals surface area contributed by atoms with Crippen LogP contribution in [-0.2, 0) is 17.8 Å². The molecule has 1 amide bonds. The highest BCUT2D eigenvalue weighted by molar-refractivity contribution is 7.13. The van der Waals surface area contributed by atoms with Gasteiger partial charge in [-0.2, -0.15) is 0 Å². The molecule has 3 heterocycles. The van der Waals surface area contributed by atoms with Gasteiger partial charge in [0.05, 0.1) is 12.1 Å². The fourth-order valence-electron chi connectivity index (χ4n) is 3.22. The summed E-state index contributed by atoms with van der Waals surface area (Å²) in [6, 6.07) is 6.08. The maximum absolute atomic E-state index is 12.5. The van der Waals surface area contributed by atoms with Gasteiger partial charge in [0.2, 0.25) is 12.7 Å². The lowest BCUT2D eigenvalue weighted by Crippen LogP contribution is -2.48. The maximum Gasteiger partial charge on any atom is 0.231 e. The van der Waals surface area contributed by atoms with E-state index in [0.717, 1.165) is 55.0 Å². The molecule has 4 rings (SSSR count). The van der Waals surface area contributed by atoms with E-state index in [9.17, 15) is 4.79 Å². The molecule has 1 aromatic heterocycles. The second kappa shape index (κ2) is 7.51. The Bertz CT molecular complexity index is 786. The molecular weight excluding hydrogens is 352 g/mol. The van der Waals surface area contributed by atoms with Gasteiger partial charge < -0.3 is 19.7 Å². The number of hydrogen-bond donors (Lipinski definition) is 1. The normalized spacial score (nSPS) is 16.7. The Morgan fingerprint density at radius 3 is 2.81 bits per heavy atom. The Kier molecular flexibility index (Phi) is 4.94. The van der Waals surface area contributed by atoms with Crippen molar-refractivity contribution in [3.63, 3.8) is 0 Å². The van der Waals surface area contributed by atoms with Crippen LogP contribution in [0.1, 0.15) is 11.3 Å². The van der Waals surface area contributed by atoms with E-state index < -0.39 is 0 Å². The predicted molar refractivity (Wildman–Crippen MR) is 99.8 cm³/mol. The molecule has 1 N–H and O–H groups in total. The number of nitrogens with one attached hydrogen (secondary N) is 1. The van der Waals surface area contributed by atoms with Gasteiger partial charge in [-0.05, 0) is 17.7 Å². The zero-order valence-electron chi connectivity index (χ0n) is 14.7. The summed E-state index contributed by atoms with van der Waals surface area (Å²) in [7, 11) is 1.84. The molecule has 0 spiro atoms. The molecule has 0 saturated carbocycles. The Balaban J connectivity index is 1.27. The molecule has 8 heteroatoms. The standard InChI is InChI=1S/C18H22N4O3S/c1-19-18-20-14(11-26-18)9-17(23)22-6-4-21(5-7-22)10-13-2-3-15-16(8-13)25-12-24-15/h2-3,8,11H,4-7,9-10,12H2,1H3,(H,19,20). The molecule has 26 heavy (non-hydrogen) atoms. The van der Waals surface area contributed by atoms with Crippen molar-refractivity contribution in [1.29, 1.82) is 0 Å². The van der Waals surface area contributed by atoms with E-state index in [2.05, 4.69) is 21.3 Å². The minimum Gasteiger partial charge on any atom is -0.454 e. The number of benzene rings is 1. The van der Waals surface area contributed by atoms with E-state index in [-0.39, 0.29) is 5.91 Å². The summed E-state index contributed by atoms with van der Waals surface area (Å²) in [5, 5.41) is 5.80. The highest BCUT2D eigenvalue weighted by Crippen LogP contribution is 2.32. The van der Waals surface area contributed by atoms with Crippen LogP contribution in [0, 0.1) is 0 Å². The number of piperazine rings is 1. The molecule has 0 unspecified atom stereocenters. The Hall–Kier alpha value is -2.32. The molecule has 1 aromatic carbocycles. The SMILES string of the molecule is CNc1nc(CC(=O)N2CCN(Cc3ccc4c(c3)OCO4)CC2)cs1. The quantitative estimate of drug-likeness (QED) is 0.861. The fraction of sp³-hybridized carbons (Fsp3) is 0.444. The predicted octanol–water partition coefficient (Wildman–Crippen LogP) is 1.80. The number of nitrogens with zero attached hydrogens (tertiary/aromatic N) is 3. The molecular formula is C18H22N4O3S. The summed E-state index contributed by atoms with van der Waals surface area (Å²) in [5.41, 5.74) is 2.04. The number of carbonyl (C=O) groups excluding carboxylic acids is 1. The molecule has 2 aliphatic heterocycles. The van der Waals surface area contributed by atoms with Crippen LogP contribution in [0.25, 0.3) is 0 Å². The van der Waals surface area contributed by atoms with Gasteiger partial charge in [0.15, 0.2) is 16.6 Å². The minimum absolute atomic E-state index is 0.153. The summed E-state index contributed by atoms with van der Waals surface area (Å²) in [4.78, 5) is 21.2. The largest absolute Gasteiger partial charge is 0.454 e. The summed E-state index contributed by atoms with van der Waals surface area (Å²) in [6.07, 6.45) is 0.375. The number of rotatable bonds is 5. The van der Waals surface area contributed by atoms with Crippen molar-refractivity contribution in [3.05, 3.63) is 34.8 Å². The van der Waals surface area contributed by atoms with Crippen LogP contribution in [0.4, 0.5) is 5.13 Å². The third-order valence-corrected chi connectivity index (χ3v) is 5.57. The van der Waals surface area contributed by atoms with Gasteiger partial charge in [0.1, 0.15) is 0 Å². The van der Waals surface area contributed by atoms with E-state index in [1.54, 1.807) is 0 Å². The van der Waals surface area contributed by atoms with Crippen LogP contribution in [0.5, 0.6) is 11.5 Å². The first-order chi connectivity index (χ1) is 12.7. The average Bonchev–Trinajstić information content (AvgIpc) is 3.31. The molecule has 2 aromatic rings. The number of anilines is 1. The number of ether oxygens (including phenoxy) is 2. The second-order valence-electron chi connectivity index (χ2n) is 6.42. The molecule has 0 bridgehead atoms. The molecule has 0 aliphatic carbocycles. The lowest BCUT2D eigenvalue weighted by Gasteiger charge is -2.34. The van der Waals surface area contributed by atoms with Gasteiger partial charge >= 0.3 is 0 Å². The topological polar surface area (TPSA) is 66.9 Å². The van der Waals surface area contributed by atoms with Gasteiger partial charge in [0.25, 0.3) is 0 Å². The summed E-state index contributed by atoms with van der Waals surface area (Å²) in [5.74, 6) is 1.79. The third kappa shape index (κ3) is 3.76. The van der Waals surface area contributed by atoms with Crippen LogP contribution in [-0.4, -0.2) is 60.7 Å². The maximum atomic E-state index is 12.5. The van der Waals surface area contributed by atoms with Gasteiger partial charge in [-0.25, -0.2) is 4.98 Å². The molecule has 138 valence electrons. The van der Waals surface area contributed by atoms with Crippen molar-refractivity contribution < 1.29 is 14.3 Å². The van der Waals surface area contributed by atoms with E-state index in [1.807, 2.05) is 29.5 Å². The monoisotopic (exact) mass is 374 g/mol. The summed E-state index contributed by atoms with van der Waals surface area (Å²) >= 11 is 1.53. The lowest BCUT2D eigenvalue weighted by atomic mass is 10.1. The number of thiazole rings is 1. The third-order valence-electron chi connectivity index (χ3n) is 4.67. The van der Waals surface area contributed by atoms with Crippen molar-refractivity contribution >= 4 is 22.4 Å². The minimum atomic E-state index is 0.153. The van der Waals surface area contributed by atoms with Gasteiger partial charge in [-0.3, -0.25) is 9.69 Å². The zero-order chi connectivity index (χ0) is 17.9. The lowest BCUT2D eigenvalue weighted by molar-refractivity contribution is -0.132. The highest BCUT2D eigenvalue weighted by Gasteiger charge is 2.22. The number of aromatic nitrogens is 1. The smallest absolute Gasteiger partial charge is 0.231 e. The summed E-state index contributed by atoms with van der Waals surface area (Å²) < 4.78 is 10.8. The number of carbonyl (C=O) groups is 1. The molecule has 7 nitrogen and oxygen atoms in total. The van der Waals surface area contributed by atoms with Crippen LogP contribution in [0.3, 0.4) is 0 Å². The number of hydrogen-bond acceptors (Lipinski definition) is 7. The Labute approximate surface area is 156 Å². The first-order valence-corrected chi connectivity index (χ1v) is 9.60. The first-order valence-electron chi connectivity index (χ1n) is 8.72. The molecule has 0 radical (unpaired) electrons. The van der Waals surface area contributed by atoms with E-state index in [1.165, 1.54) is 16.9 Å². The average molecular weight is 374 g/mol. The van der Waals surface area contributed by atoms with Crippen LogP contribution in [0.2, 0.25) is 0 Å². The Morgan fingerprint density at radius 1 is 1.23 bits per heavy atom. The molecule has 1 fully saturated rings. The second-order valence-corrected chi connectivity index (χ2v) is 7.27. The highest BCUT2D eigenvalue weighted by atomic mass is 32.1. The fourth-order valence-corrected chi connectivity index (χ4v) is 3.89. The van der Waals surface area contributed by atoms with Gasteiger partial charge in [-0.15, -0.1) is 11.3 Å². The molecule has 1 saturated heterocycles. The molecule has 0 atom stereocenters. The van der Waals surface area contributed by atoms with Crippen molar-refractivity contribution in [2.24, 2.45) is 0 Å². The first kappa shape index (κ1) is 17.1.